The van der Waals surface area contributed by atoms with Gasteiger partial charge in [-0.3, -0.25) is 4.79 Å². The van der Waals surface area contributed by atoms with Crippen LogP contribution in [-0.4, -0.2) is 32.4 Å². The zero-order chi connectivity index (χ0) is 18.9. The summed E-state index contributed by atoms with van der Waals surface area (Å²) in [6.07, 6.45) is 2.19. The van der Waals surface area contributed by atoms with Gasteiger partial charge in [-0.05, 0) is 37.6 Å². The van der Waals surface area contributed by atoms with Crippen molar-refractivity contribution in [1.29, 1.82) is 0 Å². The van der Waals surface area contributed by atoms with Crippen LogP contribution in [0.3, 0.4) is 0 Å². The lowest BCUT2D eigenvalue weighted by atomic mass is 10.1. The highest BCUT2D eigenvalue weighted by molar-refractivity contribution is 5.88. The second-order valence-electron chi connectivity index (χ2n) is 5.81. The quantitative estimate of drug-likeness (QED) is 0.563. The average molecular weight is 355 g/mol. The molecule has 0 saturated carbocycles. The van der Waals surface area contributed by atoms with Gasteiger partial charge in [0.15, 0.2) is 0 Å². The molecule has 0 bridgehead atoms. The van der Waals surface area contributed by atoms with Gasteiger partial charge in [0.2, 0.25) is 0 Å². The summed E-state index contributed by atoms with van der Waals surface area (Å²) in [6, 6.07) is 12.9. The minimum absolute atomic E-state index is 0.197. The molecular formula is C20H25N3O3. The third kappa shape index (κ3) is 5.24. The van der Waals surface area contributed by atoms with Crippen LogP contribution < -0.4 is 20.2 Å². The molecule has 2 aromatic rings. The predicted molar refractivity (Wildman–Crippen MR) is 104 cm³/mol. The van der Waals surface area contributed by atoms with E-state index in [1.807, 2.05) is 44.2 Å². The number of nitrogens with one attached hydrogen (secondary N) is 2. The van der Waals surface area contributed by atoms with Gasteiger partial charge >= 0.3 is 0 Å². The molecule has 1 atom stereocenters. The van der Waals surface area contributed by atoms with Gasteiger partial charge in [0, 0.05) is 17.3 Å². The molecule has 2 aromatic carbocycles. The Bertz CT molecular complexity index is 757. The fourth-order valence-electron chi connectivity index (χ4n) is 2.37. The summed E-state index contributed by atoms with van der Waals surface area (Å²) >= 11 is 0. The molecule has 0 radical (unpaired) electrons. The van der Waals surface area contributed by atoms with E-state index in [0.717, 1.165) is 11.3 Å². The zero-order valence-corrected chi connectivity index (χ0v) is 15.6. The van der Waals surface area contributed by atoms with E-state index in [2.05, 4.69) is 15.8 Å². The monoisotopic (exact) mass is 355 g/mol. The van der Waals surface area contributed by atoms with Crippen LogP contribution in [0.5, 0.6) is 11.5 Å². The topological polar surface area (TPSA) is 72.0 Å². The molecule has 0 saturated heterocycles. The Morgan fingerprint density at radius 1 is 1.15 bits per heavy atom. The highest BCUT2D eigenvalue weighted by Gasteiger charge is 2.15. The lowest BCUT2D eigenvalue weighted by molar-refractivity contribution is -0.121. The summed E-state index contributed by atoms with van der Waals surface area (Å²) in [5.41, 5.74) is 5.39. The summed E-state index contributed by atoms with van der Waals surface area (Å²) in [7, 11) is 3.16. The van der Waals surface area contributed by atoms with E-state index in [4.69, 9.17) is 9.47 Å². The van der Waals surface area contributed by atoms with Gasteiger partial charge in [0.05, 0.1) is 20.4 Å². The molecule has 138 valence electrons. The van der Waals surface area contributed by atoms with Crippen molar-refractivity contribution in [3.05, 3.63) is 53.6 Å². The van der Waals surface area contributed by atoms with Crippen molar-refractivity contribution in [2.45, 2.75) is 26.3 Å². The van der Waals surface area contributed by atoms with Crippen molar-refractivity contribution in [1.82, 2.24) is 5.43 Å². The van der Waals surface area contributed by atoms with Crippen LogP contribution in [0.4, 0.5) is 5.69 Å². The van der Waals surface area contributed by atoms with Crippen LogP contribution in [0.25, 0.3) is 0 Å². The van der Waals surface area contributed by atoms with Crippen molar-refractivity contribution in [2.24, 2.45) is 5.10 Å². The number of hydrogen-bond acceptors (Lipinski definition) is 5. The lowest BCUT2D eigenvalue weighted by Crippen LogP contribution is -2.36. The molecule has 1 unspecified atom stereocenters. The number of hydrogen-bond donors (Lipinski definition) is 2. The summed E-state index contributed by atoms with van der Waals surface area (Å²) < 4.78 is 10.5. The summed E-state index contributed by atoms with van der Waals surface area (Å²) in [4.78, 5) is 12.4. The molecule has 2 N–H and O–H groups in total. The smallest absolute Gasteiger partial charge is 0.262 e. The Morgan fingerprint density at radius 3 is 2.50 bits per heavy atom. The number of carbonyl (C=O) groups excluding carboxylic acids is 1. The SMILES string of the molecule is CCC(Nc1ccc(C)cc1)C(=O)NN=Cc1ccc(OC)cc1OC. The summed E-state index contributed by atoms with van der Waals surface area (Å²) in [5.74, 6) is 1.11. The number of nitrogens with zero attached hydrogens (tertiary/aromatic N) is 1. The van der Waals surface area contributed by atoms with Crippen LogP contribution >= 0.6 is 0 Å². The molecule has 6 nitrogen and oxygen atoms in total. The number of carbonyl (C=O) groups is 1. The first-order valence-corrected chi connectivity index (χ1v) is 8.45. The van der Waals surface area contributed by atoms with E-state index in [1.54, 1.807) is 32.6 Å². The standard InChI is InChI=1S/C20H25N3O3/c1-5-18(22-16-9-6-14(2)7-10-16)20(24)23-21-13-15-8-11-17(25-3)12-19(15)26-4/h6-13,18,22H,5H2,1-4H3,(H,23,24). The highest BCUT2D eigenvalue weighted by Crippen LogP contribution is 2.23. The van der Waals surface area contributed by atoms with E-state index >= 15 is 0 Å². The third-order valence-corrected chi connectivity index (χ3v) is 3.94. The molecule has 0 aromatic heterocycles. The van der Waals surface area contributed by atoms with Gasteiger partial charge in [-0.15, -0.1) is 0 Å². The first kappa shape index (κ1) is 19.3. The van der Waals surface area contributed by atoms with Crippen molar-refractivity contribution in [2.75, 3.05) is 19.5 Å². The highest BCUT2D eigenvalue weighted by atomic mass is 16.5. The maximum absolute atomic E-state index is 12.4. The van der Waals surface area contributed by atoms with Crippen molar-refractivity contribution in [3.63, 3.8) is 0 Å². The third-order valence-electron chi connectivity index (χ3n) is 3.94. The summed E-state index contributed by atoms with van der Waals surface area (Å²) in [5, 5.41) is 7.26. The number of aryl methyl sites for hydroxylation is 1. The van der Waals surface area contributed by atoms with Crippen molar-refractivity contribution in [3.8, 4) is 11.5 Å². The number of benzene rings is 2. The maximum atomic E-state index is 12.4. The molecule has 0 aliphatic carbocycles. The van der Waals surface area contributed by atoms with E-state index < -0.39 is 0 Å². The number of methoxy groups -OCH3 is 2. The molecular weight excluding hydrogens is 330 g/mol. The number of rotatable bonds is 8. The van der Waals surface area contributed by atoms with Gasteiger partial charge in [-0.1, -0.05) is 24.6 Å². The minimum atomic E-state index is -0.368. The molecule has 0 aliphatic rings. The van der Waals surface area contributed by atoms with Crippen LogP contribution in [-0.2, 0) is 4.79 Å². The Kier molecular flexibility index (Phi) is 7.02. The van der Waals surface area contributed by atoms with Gasteiger partial charge < -0.3 is 14.8 Å². The fraction of sp³-hybridized carbons (Fsp3) is 0.300. The van der Waals surface area contributed by atoms with E-state index in [1.165, 1.54) is 5.56 Å². The first-order chi connectivity index (χ1) is 12.6. The Morgan fingerprint density at radius 2 is 1.88 bits per heavy atom. The van der Waals surface area contributed by atoms with Crippen molar-refractivity contribution >= 4 is 17.8 Å². The van der Waals surface area contributed by atoms with Crippen LogP contribution in [0.2, 0.25) is 0 Å². The molecule has 0 spiro atoms. The number of hydrazone groups is 1. The zero-order valence-electron chi connectivity index (χ0n) is 15.6. The van der Waals surface area contributed by atoms with Gasteiger partial charge in [-0.2, -0.15) is 5.10 Å². The molecule has 0 fully saturated rings. The molecule has 26 heavy (non-hydrogen) atoms. The Hall–Kier alpha value is -3.02. The van der Waals surface area contributed by atoms with E-state index in [0.29, 0.717) is 17.9 Å². The van der Waals surface area contributed by atoms with E-state index in [-0.39, 0.29) is 11.9 Å². The van der Waals surface area contributed by atoms with Gasteiger partial charge in [-0.25, -0.2) is 5.43 Å². The number of ether oxygens (including phenoxy) is 2. The average Bonchev–Trinajstić information content (AvgIpc) is 2.67. The lowest BCUT2D eigenvalue weighted by Gasteiger charge is -2.16. The predicted octanol–water partition coefficient (Wildman–Crippen LogP) is 3.35. The second kappa shape index (κ2) is 9.46. The van der Waals surface area contributed by atoms with Crippen LogP contribution in [0.1, 0.15) is 24.5 Å². The largest absolute Gasteiger partial charge is 0.497 e. The number of amides is 1. The molecule has 0 aliphatic heterocycles. The Labute approximate surface area is 154 Å². The molecule has 2 rings (SSSR count). The van der Waals surface area contributed by atoms with Gasteiger partial charge in [0.1, 0.15) is 17.5 Å². The first-order valence-electron chi connectivity index (χ1n) is 8.45. The maximum Gasteiger partial charge on any atom is 0.262 e. The molecule has 0 heterocycles. The van der Waals surface area contributed by atoms with E-state index in [9.17, 15) is 4.79 Å². The fourth-order valence-corrected chi connectivity index (χ4v) is 2.37. The van der Waals surface area contributed by atoms with Crippen LogP contribution in [0.15, 0.2) is 47.6 Å². The van der Waals surface area contributed by atoms with Gasteiger partial charge in [0.25, 0.3) is 5.91 Å². The second-order valence-corrected chi connectivity index (χ2v) is 5.81. The molecule has 6 heteroatoms. The molecule has 1 amide bonds. The Balaban J connectivity index is 1.99. The van der Waals surface area contributed by atoms with Crippen molar-refractivity contribution < 1.29 is 14.3 Å². The normalized spacial score (nSPS) is 11.8. The van der Waals surface area contributed by atoms with Crippen LogP contribution in [0, 0.1) is 6.92 Å². The summed E-state index contributed by atoms with van der Waals surface area (Å²) in [6.45, 7) is 3.97. The minimum Gasteiger partial charge on any atom is -0.497 e. The number of anilines is 1.